The van der Waals surface area contributed by atoms with Gasteiger partial charge in [-0.25, -0.2) is 0 Å². The van der Waals surface area contributed by atoms with Crippen molar-refractivity contribution in [1.82, 2.24) is 0 Å². The average Bonchev–Trinajstić information content (AvgIpc) is 3.32. The second-order valence-corrected chi connectivity index (χ2v) is 24.3. The van der Waals surface area contributed by atoms with Crippen LogP contribution in [0.1, 0.15) is 81.9 Å². The van der Waals surface area contributed by atoms with E-state index in [9.17, 15) is 0 Å². The van der Waals surface area contributed by atoms with Gasteiger partial charge in [-0.2, -0.15) is 0 Å². The van der Waals surface area contributed by atoms with Gasteiger partial charge in [0.15, 0.2) is 0 Å². The van der Waals surface area contributed by atoms with E-state index in [0.29, 0.717) is 7.25 Å². The maximum absolute atomic E-state index is 2.92. The van der Waals surface area contributed by atoms with Crippen LogP contribution in [0.3, 0.4) is 0 Å². The average molecular weight is 683 g/mol. The topological polar surface area (TPSA) is 0 Å². The zero-order valence-corrected chi connectivity index (χ0v) is 29.2. The van der Waals surface area contributed by atoms with Gasteiger partial charge in [0.25, 0.3) is 0 Å². The molecule has 3 aliphatic carbocycles. The van der Waals surface area contributed by atoms with E-state index in [-0.39, 0.29) is 24.8 Å². The zero-order chi connectivity index (χ0) is 27.6. The van der Waals surface area contributed by atoms with E-state index in [1.165, 1.54) is 60.8 Å². The molecule has 0 N–H and O–H groups in total. The van der Waals surface area contributed by atoms with Gasteiger partial charge in [0.1, 0.15) is 0 Å². The molecule has 0 nitrogen and oxygen atoms in total. The molecule has 0 radical (unpaired) electrons. The van der Waals surface area contributed by atoms with Gasteiger partial charge in [-0.1, -0.05) is 0 Å². The molecule has 1 heterocycles. The van der Waals surface area contributed by atoms with Gasteiger partial charge in [-0.05, 0) is 0 Å². The second kappa shape index (κ2) is 12.3. The molecule has 4 aromatic rings. The summed E-state index contributed by atoms with van der Waals surface area (Å²) in [6.45, 7) is 4.87. The summed E-state index contributed by atoms with van der Waals surface area (Å²) in [6, 6.07) is 36.8. The van der Waals surface area contributed by atoms with Gasteiger partial charge in [-0.15, -0.1) is 0 Å². The molecule has 1 aliphatic heterocycles. The first-order valence-electron chi connectivity index (χ1n) is 16.0. The van der Waals surface area contributed by atoms with Gasteiger partial charge < -0.3 is 24.8 Å². The standard InChI is InChI=1S/2C17H15.C6H10.2ClH.Zr/c2*1-2-13-11-15-9-6-10-16(17(15)12-13)14-7-4-3-5-8-14;1-2-4-6-5-3-1;;;/h2*3-12H,2H2,1H3;1-2H,3-6H2;2*1H;/q;;;;;+2/p-2. The first-order chi connectivity index (χ1) is 20.3. The summed E-state index contributed by atoms with van der Waals surface area (Å²) in [6.07, 6.45) is 13.6. The van der Waals surface area contributed by atoms with E-state index in [4.69, 9.17) is 0 Å². The van der Waals surface area contributed by atoms with E-state index in [2.05, 4.69) is 123 Å². The predicted octanol–water partition coefficient (Wildman–Crippen LogP) is 5.74. The summed E-state index contributed by atoms with van der Waals surface area (Å²) in [7, 11) is 0. The number of fused-ring (bicyclic) bond motifs is 3. The van der Waals surface area contributed by atoms with Gasteiger partial charge in [-0.3, -0.25) is 0 Å². The monoisotopic (exact) mass is 680 g/mol. The maximum Gasteiger partial charge on any atom is -1.00 e. The maximum atomic E-state index is 2.66. The Bertz CT molecular complexity index is 1560. The van der Waals surface area contributed by atoms with Crippen LogP contribution in [-0.4, -0.2) is 0 Å². The Morgan fingerprint density at radius 3 is 1.35 bits per heavy atom. The predicted molar refractivity (Wildman–Crippen MR) is 172 cm³/mol. The van der Waals surface area contributed by atoms with Crippen LogP contribution >= 0.6 is 0 Å². The summed E-state index contributed by atoms with van der Waals surface area (Å²) in [5.74, 6) is 0. The minimum Gasteiger partial charge on any atom is -1.00 e. The Kier molecular flexibility index (Phi) is 8.83. The van der Waals surface area contributed by atoms with E-state index < -0.39 is 20.3 Å². The fourth-order valence-corrected chi connectivity index (χ4v) is 33.2. The van der Waals surface area contributed by atoms with Crippen LogP contribution in [0, 0.1) is 0 Å². The molecule has 4 aliphatic rings. The summed E-state index contributed by atoms with van der Waals surface area (Å²) in [5.41, 5.74) is 15.6. The molecule has 218 valence electrons. The molecule has 8 rings (SSSR count). The van der Waals surface area contributed by atoms with Crippen molar-refractivity contribution in [3.05, 3.63) is 130 Å². The van der Waals surface area contributed by atoms with Crippen LogP contribution in [-0.2, 0) is 20.3 Å². The molecule has 0 bridgehead atoms. The van der Waals surface area contributed by atoms with Crippen molar-refractivity contribution in [2.75, 3.05) is 0 Å². The quantitative estimate of drug-likeness (QED) is 0.244. The van der Waals surface area contributed by atoms with Crippen LogP contribution in [0.25, 0.3) is 34.4 Å². The molecule has 3 heteroatoms. The molecular weight excluding hydrogens is 643 g/mol. The Morgan fingerprint density at radius 2 is 0.953 bits per heavy atom. The fraction of sp³-hybridized carbons (Fsp3) is 0.300. The normalized spacial score (nSPS) is 24.7. The number of allylic oxidation sites excluding steroid dienone is 2. The first-order valence-corrected chi connectivity index (χ1v) is 21.7. The Morgan fingerprint density at radius 1 is 0.535 bits per heavy atom. The van der Waals surface area contributed by atoms with E-state index in [1.54, 1.807) is 33.4 Å². The Labute approximate surface area is 274 Å². The summed E-state index contributed by atoms with van der Waals surface area (Å²) < 4.78 is 3.48. The minimum absolute atomic E-state index is 0. The van der Waals surface area contributed by atoms with E-state index in [1.807, 2.05) is 0 Å². The van der Waals surface area contributed by atoms with Crippen molar-refractivity contribution in [2.24, 2.45) is 0 Å². The third-order valence-corrected chi connectivity index (χ3v) is 28.3. The first kappa shape index (κ1) is 30.8. The van der Waals surface area contributed by atoms with Crippen LogP contribution < -0.4 is 24.8 Å². The minimum atomic E-state index is -2.92. The second-order valence-electron chi connectivity index (χ2n) is 12.9. The summed E-state index contributed by atoms with van der Waals surface area (Å²) in [5, 5.41) is 0. The summed E-state index contributed by atoms with van der Waals surface area (Å²) in [4.78, 5) is 0. The van der Waals surface area contributed by atoms with Crippen molar-refractivity contribution >= 4 is 12.2 Å². The van der Waals surface area contributed by atoms with Gasteiger partial charge in [0, 0.05) is 0 Å². The smallest absolute Gasteiger partial charge is 1.00 e. The molecular formula is C40H40Cl2Zr. The van der Waals surface area contributed by atoms with Gasteiger partial charge in [0.05, 0.1) is 0 Å². The van der Waals surface area contributed by atoms with Crippen molar-refractivity contribution in [3.63, 3.8) is 0 Å². The zero-order valence-electron chi connectivity index (χ0n) is 25.2. The molecule has 1 saturated carbocycles. The van der Waals surface area contributed by atoms with Crippen molar-refractivity contribution in [3.8, 4) is 22.3 Å². The third kappa shape index (κ3) is 4.64. The van der Waals surface area contributed by atoms with Crippen molar-refractivity contribution in [2.45, 2.75) is 66.9 Å². The number of rotatable bonds is 6. The molecule has 4 aromatic carbocycles. The van der Waals surface area contributed by atoms with Crippen molar-refractivity contribution < 1.29 is 45.1 Å². The summed E-state index contributed by atoms with van der Waals surface area (Å²) >= 11 is -2.92. The van der Waals surface area contributed by atoms with Gasteiger partial charge in [0.2, 0.25) is 0 Å². The molecule has 0 amide bonds. The Balaban J connectivity index is 0.00000165. The van der Waals surface area contributed by atoms with E-state index in [0.717, 1.165) is 7.25 Å². The number of benzene rings is 4. The third-order valence-electron chi connectivity index (χ3n) is 11.2. The number of halogens is 2. The van der Waals surface area contributed by atoms with Crippen LogP contribution in [0.5, 0.6) is 0 Å². The molecule has 4 atom stereocenters. The molecule has 2 fully saturated rings. The molecule has 43 heavy (non-hydrogen) atoms. The SMILES string of the molecule is CCC1=Cc2c(-c3ccccc3)cccc2[CH]1[Zr+2]1([CH]2C(CC)=Cc3c(-c4ccccc4)cccc32)[CH]2CCCC[CH]21.[Cl-].[Cl-]. The van der Waals surface area contributed by atoms with Crippen molar-refractivity contribution in [1.29, 1.82) is 0 Å². The number of hydrogen-bond acceptors (Lipinski definition) is 0. The Hall–Kier alpha value is -2.18. The van der Waals surface area contributed by atoms with Crippen LogP contribution in [0.2, 0.25) is 7.25 Å². The van der Waals surface area contributed by atoms with Crippen LogP contribution in [0.15, 0.2) is 108 Å². The molecule has 1 saturated heterocycles. The fourth-order valence-electron chi connectivity index (χ4n) is 9.70. The number of hydrogen-bond donors (Lipinski definition) is 0. The molecule has 0 aromatic heterocycles. The molecule has 0 spiro atoms. The largest absolute Gasteiger partial charge is 1.00 e. The molecule has 4 unspecified atom stereocenters. The van der Waals surface area contributed by atoms with Crippen LogP contribution in [0.4, 0.5) is 0 Å². The van der Waals surface area contributed by atoms with Gasteiger partial charge >= 0.3 is 252 Å². The van der Waals surface area contributed by atoms with E-state index >= 15 is 0 Å².